The number of rotatable bonds is 8. The zero-order chi connectivity index (χ0) is 23.6. The number of hydrogen-bond acceptors (Lipinski definition) is 8. The molecule has 2 heterocycles. The summed E-state index contributed by atoms with van der Waals surface area (Å²) in [5, 5.41) is 23.2. The predicted molar refractivity (Wildman–Crippen MR) is 115 cm³/mol. The molecule has 0 aliphatic rings. The summed E-state index contributed by atoms with van der Waals surface area (Å²) in [4.78, 5) is 10.1. The lowest BCUT2D eigenvalue weighted by Gasteiger charge is -2.10. The van der Waals surface area contributed by atoms with Crippen molar-refractivity contribution in [3.63, 3.8) is 0 Å². The van der Waals surface area contributed by atoms with Crippen LogP contribution >= 0.6 is 0 Å². The first-order valence-electron chi connectivity index (χ1n) is 9.60. The van der Waals surface area contributed by atoms with Gasteiger partial charge in [0.15, 0.2) is 11.5 Å². The molecule has 0 aliphatic carbocycles. The normalized spacial score (nSPS) is 11.6. The lowest BCUT2D eigenvalue weighted by Crippen LogP contribution is -2.29. The molecule has 33 heavy (non-hydrogen) atoms. The first-order valence-corrected chi connectivity index (χ1v) is 11.1. The van der Waals surface area contributed by atoms with Gasteiger partial charge in [-0.15, -0.1) is 15.3 Å². The van der Waals surface area contributed by atoms with Crippen molar-refractivity contribution in [1.29, 1.82) is 0 Å². The maximum absolute atomic E-state index is 13.6. The van der Waals surface area contributed by atoms with Crippen molar-refractivity contribution in [1.82, 2.24) is 24.5 Å². The van der Waals surface area contributed by atoms with Crippen LogP contribution in [0.15, 0.2) is 59.5 Å². The maximum atomic E-state index is 13.6. The van der Waals surface area contributed by atoms with Crippen LogP contribution in [0.5, 0.6) is 5.88 Å². The van der Waals surface area contributed by atoms with Crippen molar-refractivity contribution in [3.8, 4) is 17.3 Å². The summed E-state index contributed by atoms with van der Waals surface area (Å²) in [6.45, 7) is 1.37. The topological polar surface area (TPSA) is 142 Å². The fraction of sp³-hybridized carbons (Fsp3) is 0.150. The molecule has 0 aliphatic heterocycles. The smallest absolute Gasteiger partial charge is 0.270 e. The van der Waals surface area contributed by atoms with E-state index in [1.807, 2.05) is 0 Å². The highest BCUT2D eigenvalue weighted by Gasteiger charge is 2.20. The van der Waals surface area contributed by atoms with Crippen molar-refractivity contribution < 1.29 is 22.5 Å². The van der Waals surface area contributed by atoms with Crippen LogP contribution in [-0.4, -0.2) is 46.3 Å². The molecular weight excluding hydrogens is 455 g/mol. The van der Waals surface area contributed by atoms with Gasteiger partial charge in [-0.1, -0.05) is 18.2 Å². The Kier molecular flexibility index (Phi) is 5.98. The fourth-order valence-electron chi connectivity index (χ4n) is 3.06. The Morgan fingerprint density at radius 1 is 1.15 bits per heavy atom. The van der Waals surface area contributed by atoms with Gasteiger partial charge in [0, 0.05) is 30.3 Å². The second-order valence-electron chi connectivity index (χ2n) is 6.93. The molecule has 4 aromatic rings. The average molecular weight is 472 g/mol. The fourth-order valence-corrected chi connectivity index (χ4v) is 4.33. The van der Waals surface area contributed by atoms with Gasteiger partial charge in [0.05, 0.1) is 9.82 Å². The van der Waals surface area contributed by atoms with Crippen LogP contribution < -0.4 is 9.46 Å². The lowest BCUT2D eigenvalue weighted by molar-refractivity contribution is -0.385. The molecule has 0 bridgehead atoms. The molecule has 0 atom stereocenters. The summed E-state index contributed by atoms with van der Waals surface area (Å²) in [5.41, 5.74) is 0.951. The molecule has 0 fully saturated rings. The van der Waals surface area contributed by atoms with Gasteiger partial charge in [0.25, 0.3) is 5.69 Å². The number of hydrogen-bond donors (Lipinski definition) is 1. The molecule has 2 aromatic carbocycles. The minimum atomic E-state index is -3.99. The Labute approximate surface area is 187 Å². The van der Waals surface area contributed by atoms with Crippen LogP contribution in [0.4, 0.5) is 10.1 Å². The van der Waals surface area contributed by atoms with E-state index in [1.165, 1.54) is 28.8 Å². The van der Waals surface area contributed by atoms with Crippen LogP contribution in [0.2, 0.25) is 0 Å². The third-order valence-electron chi connectivity index (χ3n) is 4.64. The molecule has 4 rings (SSSR count). The van der Waals surface area contributed by atoms with Crippen molar-refractivity contribution in [2.75, 3.05) is 13.2 Å². The van der Waals surface area contributed by atoms with E-state index >= 15 is 0 Å². The molecule has 170 valence electrons. The van der Waals surface area contributed by atoms with Gasteiger partial charge < -0.3 is 4.74 Å². The first-order chi connectivity index (χ1) is 15.7. The number of benzene rings is 2. The quantitative estimate of drug-likeness (QED) is 0.234. The number of nitrogens with zero attached hydrogens (tertiary/aromatic N) is 5. The van der Waals surface area contributed by atoms with Gasteiger partial charge in [-0.25, -0.2) is 17.5 Å². The molecule has 0 radical (unpaired) electrons. The number of nitro benzene ring substituents is 1. The third-order valence-corrected chi connectivity index (χ3v) is 6.24. The SMILES string of the molecule is Cc1ccc([N+](=O)[O-])cc1S(=O)(=O)NCCOc1ccc2nnc(-c3cccc(F)c3)n2n1. The number of halogens is 1. The molecule has 0 unspecified atom stereocenters. The standard InChI is InChI=1S/C20H17FN6O5S/c1-13-5-6-16(27(28)29)12-17(13)33(30,31)22-9-10-32-19-8-7-18-23-24-20(26(18)25-19)14-3-2-4-15(21)11-14/h2-8,11-12,22H,9-10H2,1H3. The largest absolute Gasteiger partial charge is 0.475 e. The first kappa shape index (κ1) is 22.2. The number of nitro groups is 1. The lowest BCUT2D eigenvalue weighted by atomic mass is 10.2. The number of fused-ring (bicyclic) bond motifs is 1. The Morgan fingerprint density at radius 2 is 1.97 bits per heavy atom. The highest BCUT2D eigenvalue weighted by molar-refractivity contribution is 7.89. The number of ether oxygens (including phenoxy) is 1. The number of aromatic nitrogens is 4. The number of nitrogens with one attached hydrogen (secondary N) is 1. The van der Waals surface area contributed by atoms with Crippen LogP contribution in [0.25, 0.3) is 17.0 Å². The van der Waals surface area contributed by atoms with E-state index in [-0.39, 0.29) is 29.6 Å². The number of sulfonamides is 1. The molecule has 1 N–H and O–H groups in total. The molecule has 11 nitrogen and oxygen atoms in total. The Balaban J connectivity index is 1.45. The summed E-state index contributed by atoms with van der Waals surface area (Å²) < 4.78 is 47.9. The van der Waals surface area contributed by atoms with Gasteiger partial charge in [-0.3, -0.25) is 10.1 Å². The van der Waals surface area contributed by atoms with Gasteiger partial charge in [0.1, 0.15) is 12.4 Å². The van der Waals surface area contributed by atoms with E-state index in [0.29, 0.717) is 22.6 Å². The minimum absolute atomic E-state index is 0.0663. The van der Waals surface area contributed by atoms with E-state index in [1.54, 1.807) is 31.2 Å². The van der Waals surface area contributed by atoms with Crippen LogP contribution in [0.1, 0.15) is 5.56 Å². The van der Waals surface area contributed by atoms with Crippen LogP contribution in [0.3, 0.4) is 0 Å². The summed E-state index contributed by atoms with van der Waals surface area (Å²) >= 11 is 0. The summed E-state index contributed by atoms with van der Waals surface area (Å²) in [6.07, 6.45) is 0. The van der Waals surface area contributed by atoms with E-state index in [0.717, 1.165) is 6.07 Å². The molecule has 0 amide bonds. The zero-order valence-corrected chi connectivity index (χ0v) is 18.0. The van der Waals surface area contributed by atoms with Gasteiger partial charge in [-0.2, -0.15) is 4.52 Å². The summed E-state index contributed by atoms with van der Waals surface area (Å²) in [7, 11) is -3.99. The molecule has 0 spiro atoms. The van der Waals surface area contributed by atoms with Gasteiger partial charge in [-0.05, 0) is 30.7 Å². The van der Waals surface area contributed by atoms with Gasteiger partial charge in [0.2, 0.25) is 15.9 Å². The number of non-ortho nitro benzene ring substituents is 1. The zero-order valence-electron chi connectivity index (χ0n) is 17.2. The monoisotopic (exact) mass is 472 g/mol. The number of aryl methyl sites for hydroxylation is 1. The molecule has 13 heteroatoms. The van der Waals surface area contributed by atoms with Crippen molar-refractivity contribution in [2.24, 2.45) is 0 Å². The Morgan fingerprint density at radius 3 is 2.73 bits per heavy atom. The van der Waals surface area contributed by atoms with E-state index < -0.39 is 20.8 Å². The highest BCUT2D eigenvalue weighted by atomic mass is 32.2. The van der Waals surface area contributed by atoms with Crippen LogP contribution in [0, 0.1) is 22.9 Å². The second kappa shape index (κ2) is 8.88. The molecule has 2 aromatic heterocycles. The van der Waals surface area contributed by atoms with Crippen molar-refractivity contribution >= 4 is 21.4 Å². The van der Waals surface area contributed by atoms with Gasteiger partial charge >= 0.3 is 0 Å². The summed E-state index contributed by atoms with van der Waals surface area (Å²) in [5.74, 6) is 0.0606. The van der Waals surface area contributed by atoms with Crippen molar-refractivity contribution in [3.05, 3.63) is 76.1 Å². The van der Waals surface area contributed by atoms with E-state index in [2.05, 4.69) is 20.0 Å². The minimum Gasteiger partial charge on any atom is -0.475 e. The average Bonchev–Trinajstić information content (AvgIpc) is 3.20. The van der Waals surface area contributed by atoms with Crippen LogP contribution in [-0.2, 0) is 10.0 Å². The second-order valence-corrected chi connectivity index (χ2v) is 8.66. The summed E-state index contributed by atoms with van der Waals surface area (Å²) in [6, 6.07) is 12.6. The molecule has 0 saturated heterocycles. The highest BCUT2D eigenvalue weighted by Crippen LogP contribution is 2.22. The van der Waals surface area contributed by atoms with E-state index in [9.17, 15) is 22.9 Å². The Bertz CT molecular complexity index is 1460. The third kappa shape index (κ3) is 4.78. The van der Waals surface area contributed by atoms with E-state index in [4.69, 9.17) is 4.74 Å². The molecular formula is C20H17FN6O5S. The maximum Gasteiger partial charge on any atom is 0.270 e. The Hall–Kier alpha value is -3.97. The van der Waals surface area contributed by atoms with Crippen molar-refractivity contribution in [2.45, 2.75) is 11.8 Å². The predicted octanol–water partition coefficient (Wildman–Crippen LogP) is 2.50. The molecule has 0 saturated carbocycles.